The molecule has 0 aliphatic carbocycles. The van der Waals surface area contributed by atoms with Gasteiger partial charge >= 0.3 is 0 Å². The normalized spacial score (nSPS) is 25.8. The predicted molar refractivity (Wildman–Crippen MR) is 71.4 cm³/mol. The fourth-order valence-corrected chi connectivity index (χ4v) is 2.63. The molecule has 3 heteroatoms. The van der Waals surface area contributed by atoms with Gasteiger partial charge in [-0.3, -0.25) is 0 Å². The van der Waals surface area contributed by atoms with E-state index in [-0.39, 0.29) is 5.60 Å². The van der Waals surface area contributed by atoms with Crippen molar-refractivity contribution in [3.8, 4) is 0 Å². The zero-order valence-corrected chi connectivity index (χ0v) is 11.9. The van der Waals surface area contributed by atoms with Gasteiger partial charge in [0.2, 0.25) is 0 Å². The predicted octanol–water partition coefficient (Wildman–Crippen LogP) is 2.74. The molecule has 0 radical (unpaired) electrons. The SMILES string of the molecule is CCNC(CCC1CCCO1)C(C)(CC)OC. The van der Waals surface area contributed by atoms with Crippen molar-refractivity contribution < 1.29 is 9.47 Å². The molecular formula is C14H29NO2. The van der Waals surface area contributed by atoms with E-state index in [2.05, 4.69) is 26.1 Å². The largest absolute Gasteiger partial charge is 0.378 e. The van der Waals surface area contributed by atoms with Crippen LogP contribution in [0.15, 0.2) is 0 Å². The van der Waals surface area contributed by atoms with Gasteiger partial charge < -0.3 is 14.8 Å². The molecule has 0 aromatic rings. The molecule has 0 aromatic heterocycles. The van der Waals surface area contributed by atoms with Gasteiger partial charge in [0.1, 0.15) is 0 Å². The Morgan fingerprint density at radius 1 is 1.47 bits per heavy atom. The summed E-state index contributed by atoms with van der Waals surface area (Å²) < 4.78 is 11.4. The van der Waals surface area contributed by atoms with E-state index in [1.165, 1.54) is 12.8 Å². The highest BCUT2D eigenvalue weighted by atomic mass is 16.5. The Labute approximate surface area is 106 Å². The Morgan fingerprint density at radius 3 is 2.71 bits per heavy atom. The molecule has 1 saturated heterocycles. The molecule has 3 atom stereocenters. The lowest BCUT2D eigenvalue weighted by Gasteiger charge is -2.37. The van der Waals surface area contributed by atoms with Crippen LogP contribution >= 0.6 is 0 Å². The molecule has 1 heterocycles. The van der Waals surface area contributed by atoms with Crippen LogP contribution in [0.4, 0.5) is 0 Å². The number of methoxy groups -OCH3 is 1. The van der Waals surface area contributed by atoms with E-state index in [0.717, 1.165) is 32.4 Å². The maximum absolute atomic E-state index is 5.71. The van der Waals surface area contributed by atoms with Crippen molar-refractivity contribution in [2.45, 2.75) is 70.6 Å². The lowest BCUT2D eigenvalue weighted by Crippen LogP contribution is -2.50. The lowest BCUT2D eigenvalue weighted by atomic mass is 9.88. The second kappa shape index (κ2) is 7.34. The number of ether oxygens (including phenoxy) is 2. The first kappa shape index (κ1) is 14.9. The number of hydrogen-bond donors (Lipinski definition) is 1. The third kappa shape index (κ3) is 4.23. The van der Waals surface area contributed by atoms with Gasteiger partial charge in [-0.15, -0.1) is 0 Å². The first-order valence-electron chi connectivity index (χ1n) is 7.06. The maximum Gasteiger partial charge on any atom is 0.0800 e. The van der Waals surface area contributed by atoms with Gasteiger partial charge in [-0.2, -0.15) is 0 Å². The molecular weight excluding hydrogens is 214 g/mol. The van der Waals surface area contributed by atoms with Crippen LogP contribution in [0, 0.1) is 0 Å². The number of hydrogen-bond acceptors (Lipinski definition) is 3. The monoisotopic (exact) mass is 243 g/mol. The smallest absolute Gasteiger partial charge is 0.0800 e. The molecule has 3 unspecified atom stereocenters. The van der Waals surface area contributed by atoms with Crippen LogP contribution in [0.5, 0.6) is 0 Å². The fraction of sp³-hybridized carbons (Fsp3) is 1.00. The molecule has 17 heavy (non-hydrogen) atoms. The molecule has 0 aromatic carbocycles. The first-order valence-corrected chi connectivity index (χ1v) is 7.06. The Bertz CT molecular complexity index is 198. The van der Waals surface area contributed by atoms with Gasteiger partial charge in [-0.05, 0) is 45.6 Å². The van der Waals surface area contributed by atoms with Crippen molar-refractivity contribution >= 4 is 0 Å². The van der Waals surface area contributed by atoms with Crippen LogP contribution in [-0.2, 0) is 9.47 Å². The summed E-state index contributed by atoms with van der Waals surface area (Å²) in [6, 6.07) is 0.423. The van der Waals surface area contributed by atoms with Gasteiger partial charge in [0.15, 0.2) is 0 Å². The van der Waals surface area contributed by atoms with E-state index in [9.17, 15) is 0 Å². The summed E-state index contributed by atoms with van der Waals surface area (Å²) in [6.45, 7) is 8.50. The van der Waals surface area contributed by atoms with Crippen molar-refractivity contribution in [1.29, 1.82) is 0 Å². The van der Waals surface area contributed by atoms with Crippen LogP contribution in [0.3, 0.4) is 0 Å². The van der Waals surface area contributed by atoms with E-state index < -0.39 is 0 Å². The molecule has 0 spiro atoms. The summed E-state index contributed by atoms with van der Waals surface area (Å²) >= 11 is 0. The van der Waals surface area contributed by atoms with Crippen molar-refractivity contribution in [2.24, 2.45) is 0 Å². The molecule has 3 nitrogen and oxygen atoms in total. The van der Waals surface area contributed by atoms with Gasteiger partial charge in [0.05, 0.1) is 11.7 Å². The van der Waals surface area contributed by atoms with E-state index in [4.69, 9.17) is 9.47 Å². The van der Waals surface area contributed by atoms with Crippen LogP contribution in [0.2, 0.25) is 0 Å². The summed E-state index contributed by atoms with van der Waals surface area (Å²) in [5, 5.41) is 3.57. The lowest BCUT2D eigenvalue weighted by molar-refractivity contribution is -0.0343. The summed E-state index contributed by atoms with van der Waals surface area (Å²) in [7, 11) is 1.82. The minimum atomic E-state index is -0.0609. The molecule has 0 saturated carbocycles. The van der Waals surface area contributed by atoms with Crippen molar-refractivity contribution in [3.63, 3.8) is 0 Å². The zero-order valence-electron chi connectivity index (χ0n) is 11.9. The molecule has 1 aliphatic heterocycles. The van der Waals surface area contributed by atoms with Gasteiger partial charge in [0.25, 0.3) is 0 Å². The molecule has 0 amide bonds. The van der Waals surface area contributed by atoms with Crippen molar-refractivity contribution in [2.75, 3.05) is 20.3 Å². The van der Waals surface area contributed by atoms with E-state index in [1.807, 2.05) is 7.11 Å². The van der Waals surface area contributed by atoms with Crippen LogP contribution < -0.4 is 5.32 Å². The standard InChI is InChI=1S/C14H29NO2/c1-5-14(3,16-4)13(15-6-2)10-9-12-8-7-11-17-12/h12-13,15H,5-11H2,1-4H3. The molecule has 0 bridgehead atoms. The minimum absolute atomic E-state index is 0.0609. The van der Waals surface area contributed by atoms with Crippen LogP contribution in [0.25, 0.3) is 0 Å². The summed E-state index contributed by atoms with van der Waals surface area (Å²) in [4.78, 5) is 0. The zero-order chi connectivity index (χ0) is 12.7. The average Bonchev–Trinajstić information content (AvgIpc) is 2.86. The Balaban J connectivity index is 2.46. The highest BCUT2D eigenvalue weighted by molar-refractivity contribution is 4.89. The highest BCUT2D eigenvalue weighted by Gasteiger charge is 2.32. The Hall–Kier alpha value is -0.120. The Kier molecular flexibility index (Phi) is 6.45. The molecule has 1 fully saturated rings. The summed E-state index contributed by atoms with van der Waals surface area (Å²) in [5.74, 6) is 0. The topological polar surface area (TPSA) is 30.5 Å². The van der Waals surface area contributed by atoms with Gasteiger partial charge in [-0.25, -0.2) is 0 Å². The molecule has 102 valence electrons. The highest BCUT2D eigenvalue weighted by Crippen LogP contribution is 2.25. The van der Waals surface area contributed by atoms with E-state index in [0.29, 0.717) is 12.1 Å². The quantitative estimate of drug-likeness (QED) is 0.711. The van der Waals surface area contributed by atoms with Gasteiger partial charge in [-0.1, -0.05) is 13.8 Å². The van der Waals surface area contributed by atoms with Crippen LogP contribution in [0.1, 0.15) is 52.9 Å². The summed E-state index contributed by atoms with van der Waals surface area (Å²) in [5.41, 5.74) is -0.0609. The van der Waals surface area contributed by atoms with Crippen molar-refractivity contribution in [1.82, 2.24) is 5.32 Å². The number of nitrogens with one attached hydrogen (secondary N) is 1. The second-order valence-electron chi connectivity index (χ2n) is 5.19. The molecule has 1 rings (SSSR count). The van der Waals surface area contributed by atoms with Gasteiger partial charge in [0, 0.05) is 19.8 Å². The van der Waals surface area contributed by atoms with E-state index >= 15 is 0 Å². The van der Waals surface area contributed by atoms with Crippen molar-refractivity contribution in [3.05, 3.63) is 0 Å². The minimum Gasteiger partial charge on any atom is -0.378 e. The third-order valence-corrected chi connectivity index (χ3v) is 4.16. The second-order valence-corrected chi connectivity index (χ2v) is 5.19. The Morgan fingerprint density at radius 2 is 2.24 bits per heavy atom. The maximum atomic E-state index is 5.71. The fourth-order valence-electron chi connectivity index (χ4n) is 2.63. The number of rotatable bonds is 8. The molecule has 1 N–H and O–H groups in total. The first-order chi connectivity index (χ1) is 8.16. The summed E-state index contributed by atoms with van der Waals surface area (Å²) in [6.07, 6.45) is 6.26. The average molecular weight is 243 g/mol. The third-order valence-electron chi connectivity index (χ3n) is 4.16. The molecule has 1 aliphatic rings. The van der Waals surface area contributed by atoms with E-state index in [1.54, 1.807) is 0 Å². The van der Waals surface area contributed by atoms with Crippen LogP contribution in [-0.4, -0.2) is 38.0 Å². The number of likely N-dealkylation sites (N-methyl/N-ethyl adjacent to an activating group) is 1.